The van der Waals surface area contributed by atoms with Crippen LogP contribution in [-0.2, 0) is 4.79 Å². The van der Waals surface area contributed by atoms with Crippen LogP contribution >= 0.6 is 11.8 Å². The minimum Gasteiger partial charge on any atom is -0.368 e. The second-order valence-electron chi connectivity index (χ2n) is 5.43. The van der Waals surface area contributed by atoms with Crippen molar-refractivity contribution in [1.29, 1.82) is 0 Å². The lowest BCUT2D eigenvalue weighted by Gasteiger charge is -2.29. The quantitative estimate of drug-likeness (QED) is 0.435. The van der Waals surface area contributed by atoms with Crippen LogP contribution in [0.5, 0.6) is 0 Å². The van der Waals surface area contributed by atoms with Crippen LogP contribution in [-0.4, -0.2) is 33.2 Å². The molecule has 1 unspecified atom stereocenters. The lowest BCUT2D eigenvalue weighted by Crippen LogP contribution is -2.55. The monoisotopic (exact) mass is 296 g/mol. The van der Waals surface area contributed by atoms with Gasteiger partial charge >= 0.3 is 0 Å². The molecule has 0 aliphatic carbocycles. The zero-order valence-electron chi connectivity index (χ0n) is 12.6. The minimum absolute atomic E-state index is 0.222. The van der Waals surface area contributed by atoms with Crippen molar-refractivity contribution in [1.82, 2.24) is 15.3 Å². The molecule has 112 valence electrons. The number of hydrogen-bond donors (Lipinski definition) is 2. The molecule has 1 aromatic rings. The number of aromatic nitrogens is 2. The molecule has 0 saturated heterocycles. The van der Waals surface area contributed by atoms with Crippen LogP contribution in [0.3, 0.4) is 0 Å². The molecule has 0 fully saturated rings. The fourth-order valence-corrected chi connectivity index (χ4v) is 2.80. The molecular weight excluding hydrogens is 272 g/mol. The zero-order chi connectivity index (χ0) is 15.2. The Bertz CT molecular complexity index is 453. The number of thioether (sulfide) groups is 1. The summed E-state index contributed by atoms with van der Waals surface area (Å²) in [4.78, 5) is 20.1. The molecule has 1 atom stereocenters. The highest BCUT2D eigenvalue weighted by molar-refractivity contribution is 7.99. The van der Waals surface area contributed by atoms with E-state index in [1.807, 2.05) is 33.8 Å². The van der Waals surface area contributed by atoms with Crippen LogP contribution in [0.4, 0.5) is 0 Å². The summed E-state index contributed by atoms with van der Waals surface area (Å²) in [5.41, 5.74) is 5.81. The predicted octanol–water partition coefficient (Wildman–Crippen LogP) is 1.90. The van der Waals surface area contributed by atoms with Gasteiger partial charge in [0.25, 0.3) is 0 Å². The Kier molecular flexibility index (Phi) is 6.42. The molecule has 1 aromatic heterocycles. The Morgan fingerprint density at radius 3 is 2.80 bits per heavy atom. The van der Waals surface area contributed by atoms with Gasteiger partial charge < -0.3 is 11.1 Å². The minimum atomic E-state index is -0.651. The van der Waals surface area contributed by atoms with E-state index >= 15 is 0 Å². The summed E-state index contributed by atoms with van der Waals surface area (Å²) >= 11 is 1.60. The first kappa shape index (κ1) is 16.9. The summed E-state index contributed by atoms with van der Waals surface area (Å²) in [6.07, 6.45) is 3.35. The van der Waals surface area contributed by atoms with Gasteiger partial charge in [0.2, 0.25) is 5.91 Å². The summed E-state index contributed by atoms with van der Waals surface area (Å²) < 4.78 is 0. The van der Waals surface area contributed by atoms with Gasteiger partial charge in [-0.2, -0.15) is 0 Å². The summed E-state index contributed by atoms with van der Waals surface area (Å²) in [5, 5.41) is 4.03. The first-order valence-electron chi connectivity index (χ1n) is 6.83. The molecule has 0 spiro atoms. The van der Waals surface area contributed by atoms with Crippen LogP contribution in [0.25, 0.3) is 0 Å². The maximum Gasteiger partial charge on any atom is 0.237 e. The summed E-state index contributed by atoms with van der Waals surface area (Å²) in [6.45, 7) is 7.83. The molecule has 0 aliphatic heterocycles. The molecule has 0 aromatic carbocycles. The number of carbonyl (C=O) groups excluding carboxylic acids is 1. The van der Waals surface area contributed by atoms with E-state index in [2.05, 4.69) is 15.3 Å². The third kappa shape index (κ3) is 5.46. The van der Waals surface area contributed by atoms with Crippen molar-refractivity contribution >= 4 is 17.7 Å². The number of aryl methyl sites for hydroxylation is 1. The molecule has 0 bridgehead atoms. The number of rotatable bonds is 8. The Morgan fingerprint density at radius 1 is 1.55 bits per heavy atom. The summed E-state index contributed by atoms with van der Waals surface area (Å²) in [7, 11) is 0. The average Bonchev–Trinajstić information content (AvgIpc) is 2.34. The highest BCUT2D eigenvalue weighted by Crippen LogP contribution is 2.19. The van der Waals surface area contributed by atoms with E-state index in [9.17, 15) is 4.79 Å². The summed E-state index contributed by atoms with van der Waals surface area (Å²) in [6, 6.07) is 2.10. The molecule has 0 radical (unpaired) electrons. The van der Waals surface area contributed by atoms with Crippen molar-refractivity contribution in [3.8, 4) is 0 Å². The van der Waals surface area contributed by atoms with Gasteiger partial charge in [0.15, 0.2) is 5.16 Å². The molecule has 1 rings (SSSR count). The Morgan fingerprint density at radius 2 is 2.25 bits per heavy atom. The highest BCUT2D eigenvalue weighted by Gasteiger charge is 2.30. The van der Waals surface area contributed by atoms with E-state index in [-0.39, 0.29) is 11.9 Å². The van der Waals surface area contributed by atoms with Crippen LogP contribution in [0.15, 0.2) is 17.4 Å². The third-order valence-corrected chi connectivity index (χ3v) is 3.92. The Hall–Kier alpha value is -1.14. The van der Waals surface area contributed by atoms with Gasteiger partial charge in [-0.15, -0.1) is 0 Å². The first-order valence-corrected chi connectivity index (χ1v) is 7.82. The largest absolute Gasteiger partial charge is 0.368 e. The molecule has 0 aliphatic rings. The van der Waals surface area contributed by atoms with E-state index < -0.39 is 5.54 Å². The van der Waals surface area contributed by atoms with Gasteiger partial charge in [-0.05, 0) is 46.6 Å². The molecule has 20 heavy (non-hydrogen) atoms. The fraction of sp³-hybridized carbons (Fsp3) is 0.643. The number of amides is 1. The lowest BCUT2D eigenvalue weighted by atomic mass is 9.94. The number of primary amides is 1. The maximum atomic E-state index is 11.6. The SMILES string of the molecule is Cc1ccnc(SCCCC(C)(NC(C)C)C(N)=O)n1. The lowest BCUT2D eigenvalue weighted by molar-refractivity contribution is -0.124. The van der Waals surface area contributed by atoms with Crippen molar-refractivity contribution in [3.05, 3.63) is 18.0 Å². The van der Waals surface area contributed by atoms with E-state index in [4.69, 9.17) is 5.73 Å². The van der Waals surface area contributed by atoms with E-state index in [0.717, 1.165) is 23.0 Å². The number of nitrogens with one attached hydrogen (secondary N) is 1. The van der Waals surface area contributed by atoms with Crippen molar-refractivity contribution in [3.63, 3.8) is 0 Å². The first-order chi connectivity index (χ1) is 9.33. The van der Waals surface area contributed by atoms with Crippen LogP contribution in [0.1, 0.15) is 39.3 Å². The predicted molar refractivity (Wildman–Crippen MR) is 82.6 cm³/mol. The molecule has 0 saturated carbocycles. The van der Waals surface area contributed by atoms with Crippen molar-refractivity contribution < 1.29 is 4.79 Å². The van der Waals surface area contributed by atoms with E-state index in [1.54, 1.807) is 18.0 Å². The van der Waals surface area contributed by atoms with Crippen molar-refractivity contribution in [2.24, 2.45) is 5.73 Å². The van der Waals surface area contributed by atoms with Gasteiger partial charge in [0.1, 0.15) is 0 Å². The van der Waals surface area contributed by atoms with Crippen molar-refractivity contribution in [2.75, 3.05) is 5.75 Å². The molecular formula is C14H24N4OS. The Balaban J connectivity index is 2.43. The Labute approximate surface area is 125 Å². The van der Waals surface area contributed by atoms with E-state index in [0.29, 0.717) is 6.42 Å². The second kappa shape index (κ2) is 7.59. The topological polar surface area (TPSA) is 80.9 Å². The number of carbonyl (C=O) groups is 1. The van der Waals surface area contributed by atoms with Crippen LogP contribution in [0.2, 0.25) is 0 Å². The van der Waals surface area contributed by atoms with Crippen LogP contribution in [0, 0.1) is 6.92 Å². The molecule has 6 heteroatoms. The fourth-order valence-electron chi connectivity index (χ4n) is 1.99. The van der Waals surface area contributed by atoms with E-state index in [1.165, 1.54) is 0 Å². The summed E-state index contributed by atoms with van der Waals surface area (Å²) in [5.74, 6) is 0.564. The molecule has 1 heterocycles. The molecule has 3 N–H and O–H groups in total. The molecule has 1 amide bonds. The maximum absolute atomic E-state index is 11.6. The number of nitrogens with two attached hydrogens (primary N) is 1. The molecule has 5 nitrogen and oxygen atoms in total. The van der Waals surface area contributed by atoms with Gasteiger partial charge in [-0.1, -0.05) is 11.8 Å². The normalized spacial score (nSPS) is 14.2. The average molecular weight is 296 g/mol. The highest BCUT2D eigenvalue weighted by atomic mass is 32.2. The zero-order valence-corrected chi connectivity index (χ0v) is 13.5. The van der Waals surface area contributed by atoms with Gasteiger partial charge in [-0.3, -0.25) is 4.79 Å². The smallest absolute Gasteiger partial charge is 0.237 e. The standard InChI is InChI=1S/C14H24N4OS/c1-10(2)18-14(4,12(15)19)7-5-9-20-13-16-8-6-11(3)17-13/h6,8,10,18H,5,7,9H2,1-4H3,(H2,15,19). The number of hydrogen-bond acceptors (Lipinski definition) is 5. The van der Waals surface area contributed by atoms with Crippen LogP contribution < -0.4 is 11.1 Å². The van der Waals surface area contributed by atoms with Crippen molar-refractivity contribution in [2.45, 2.75) is 57.3 Å². The van der Waals surface area contributed by atoms with Gasteiger partial charge in [0, 0.05) is 23.7 Å². The second-order valence-corrected chi connectivity index (χ2v) is 6.49. The number of nitrogens with zero attached hydrogens (tertiary/aromatic N) is 2. The third-order valence-electron chi connectivity index (χ3n) is 2.98. The van der Waals surface area contributed by atoms with Gasteiger partial charge in [-0.25, -0.2) is 9.97 Å². The van der Waals surface area contributed by atoms with Gasteiger partial charge in [0.05, 0.1) is 5.54 Å².